The summed E-state index contributed by atoms with van der Waals surface area (Å²) in [7, 11) is 3.28. The largest absolute Gasteiger partial charge is 0.494 e. The molecular weight excluding hydrogens is 316 g/mol. The Morgan fingerprint density at radius 3 is 2.60 bits per heavy atom. The number of nitrogens with two attached hydrogens (primary N) is 1. The molecule has 0 aliphatic heterocycles. The summed E-state index contributed by atoms with van der Waals surface area (Å²) in [4.78, 5) is 12.1. The number of pyridine rings is 1. The van der Waals surface area contributed by atoms with E-state index in [0.717, 1.165) is 40.2 Å². The minimum atomic E-state index is -0.129. The van der Waals surface area contributed by atoms with Crippen LogP contribution in [0.15, 0.2) is 30.6 Å². The molecular formula is C19H24N4O2. The minimum absolute atomic E-state index is 0.129. The molecule has 2 aromatic heterocycles. The van der Waals surface area contributed by atoms with Gasteiger partial charge in [0.05, 0.1) is 32.0 Å². The molecule has 0 fully saturated rings. The summed E-state index contributed by atoms with van der Waals surface area (Å²) < 4.78 is 11.0. The molecule has 3 aromatic rings. The van der Waals surface area contributed by atoms with E-state index in [1.165, 1.54) is 0 Å². The summed E-state index contributed by atoms with van der Waals surface area (Å²) in [5, 5.41) is 0. The second-order valence-electron chi connectivity index (χ2n) is 6.51. The lowest BCUT2D eigenvalue weighted by molar-refractivity contribution is 0.414. The smallest absolute Gasteiger partial charge is 0.145 e. The zero-order valence-electron chi connectivity index (χ0n) is 15.0. The van der Waals surface area contributed by atoms with Crippen LogP contribution in [0.5, 0.6) is 11.5 Å². The van der Waals surface area contributed by atoms with Crippen LogP contribution >= 0.6 is 0 Å². The van der Waals surface area contributed by atoms with Gasteiger partial charge in [0.2, 0.25) is 0 Å². The first kappa shape index (κ1) is 17.2. The molecule has 132 valence electrons. The number of rotatable bonds is 6. The van der Waals surface area contributed by atoms with E-state index in [0.29, 0.717) is 11.7 Å². The Hall–Kier alpha value is -2.60. The average Bonchev–Trinajstić information content (AvgIpc) is 3.04. The highest BCUT2D eigenvalue weighted by atomic mass is 16.5. The van der Waals surface area contributed by atoms with Crippen molar-refractivity contribution in [2.45, 2.75) is 26.3 Å². The molecule has 2 heterocycles. The third-order valence-electron chi connectivity index (χ3n) is 4.19. The van der Waals surface area contributed by atoms with Crippen molar-refractivity contribution >= 4 is 11.0 Å². The SMILES string of the molecule is COc1cnccc1-c1cc(OC)c2[nH]c([C@H](N)CC(C)C)nc2c1. The number of imidazole rings is 1. The van der Waals surface area contributed by atoms with Gasteiger partial charge in [0, 0.05) is 11.8 Å². The Labute approximate surface area is 147 Å². The molecule has 0 aliphatic carbocycles. The molecule has 25 heavy (non-hydrogen) atoms. The highest BCUT2D eigenvalue weighted by Gasteiger charge is 2.17. The number of methoxy groups -OCH3 is 2. The van der Waals surface area contributed by atoms with Gasteiger partial charge in [0.1, 0.15) is 22.8 Å². The van der Waals surface area contributed by atoms with E-state index in [-0.39, 0.29) is 6.04 Å². The molecule has 0 bridgehead atoms. The summed E-state index contributed by atoms with van der Waals surface area (Å²) in [6.07, 6.45) is 4.30. The van der Waals surface area contributed by atoms with E-state index in [4.69, 9.17) is 20.2 Å². The molecule has 3 N–H and O–H groups in total. The van der Waals surface area contributed by atoms with Gasteiger partial charge in [-0.05, 0) is 36.1 Å². The molecule has 0 unspecified atom stereocenters. The van der Waals surface area contributed by atoms with Gasteiger partial charge in [-0.3, -0.25) is 4.98 Å². The Balaban J connectivity index is 2.11. The molecule has 0 spiro atoms. The number of benzene rings is 1. The lowest BCUT2D eigenvalue weighted by Crippen LogP contribution is -2.14. The molecule has 0 saturated heterocycles. The highest BCUT2D eigenvalue weighted by Crippen LogP contribution is 2.35. The number of nitrogens with one attached hydrogen (secondary N) is 1. The Bertz CT molecular complexity index is 873. The summed E-state index contributed by atoms with van der Waals surface area (Å²) >= 11 is 0. The molecule has 6 heteroatoms. The zero-order chi connectivity index (χ0) is 18.0. The van der Waals surface area contributed by atoms with Crippen LogP contribution in [-0.2, 0) is 0 Å². The van der Waals surface area contributed by atoms with E-state index in [1.54, 1.807) is 26.6 Å². The van der Waals surface area contributed by atoms with Gasteiger partial charge in [-0.15, -0.1) is 0 Å². The number of H-pyrrole nitrogens is 1. The lowest BCUT2D eigenvalue weighted by Gasteiger charge is -2.10. The van der Waals surface area contributed by atoms with Crippen LogP contribution in [0.3, 0.4) is 0 Å². The Kier molecular flexibility index (Phi) is 4.90. The molecule has 0 amide bonds. The molecule has 1 atom stereocenters. The third kappa shape index (κ3) is 3.44. The lowest BCUT2D eigenvalue weighted by atomic mass is 10.0. The van der Waals surface area contributed by atoms with Crippen molar-refractivity contribution in [3.8, 4) is 22.6 Å². The summed E-state index contributed by atoms with van der Waals surface area (Å²) in [6.45, 7) is 4.30. The predicted molar refractivity (Wildman–Crippen MR) is 98.8 cm³/mol. The Morgan fingerprint density at radius 1 is 1.16 bits per heavy atom. The number of aromatic amines is 1. The van der Waals surface area contributed by atoms with Crippen LogP contribution in [0.1, 0.15) is 32.1 Å². The number of aromatic nitrogens is 3. The van der Waals surface area contributed by atoms with E-state index in [2.05, 4.69) is 23.8 Å². The molecule has 0 radical (unpaired) electrons. The molecule has 0 saturated carbocycles. The highest BCUT2D eigenvalue weighted by molar-refractivity contribution is 5.88. The number of hydrogen-bond donors (Lipinski definition) is 2. The van der Waals surface area contributed by atoms with Crippen molar-refractivity contribution < 1.29 is 9.47 Å². The number of hydrogen-bond acceptors (Lipinski definition) is 5. The van der Waals surface area contributed by atoms with E-state index >= 15 is 0 Å². The van der Waals surface area contributed by atoms with Gasteiger partial charge in [0.25, 0.3) is 0 Å². The van der Waals surface area contributed by atoms with Crippen LogP contribution in [0.2, 0.25) is 0 Å². The van der Waals surface area contributed by atoms with Gasteiger partial charge in [-0.2, -0.15) is 0 Å². The molecule has 0 aliphatic rings. The van der Waals surface area contributed by atoms with Crippen molar-refractivity contribution in [3.05, 3.63) is 36.4 Å². The van der Waals surface area contributed by atoms with Gasteiger partial charge < -0.3 is 20.2 Å². The van der Waals surface area contributed by atoms with Gasteiger partial charge in [-0.1, -0.05) is 13.8 Å². The summed E-state index contributed by atoms with van der Waals surface area (Å²) in [6, 6.07) is 5.77. The van der Waals surface area contributed by atoms with Crippen molar-refractivity contribution in [3.63, 3.8) is 0 Å². The predicted octanol–water partition coefficient (Wildman–Crippen LogP) is 3.69. The normalized spacial score (nSPS) is 12.6. The molecule has 3 rings (SSSR count). The van der Waals surface area contributed by atoms with Gasteiger partial charge in [-0.25, -0.2) is 4.98 Å². The summed E-state index contributed by atoms with van der Waals surface area (Å²) in [5.41, 5.74) is 9.86. The number of ether oxygens (including phenoxy) is 2. The maximum Gasteiger partial charge on any atom is 0.145 e. The van der Waals surface area contributed by atoms with Crippen molar-refractivity contribution in [1.29, 1.82) is 0 Å². The molecule has 1 aromatic carbocycles. The van der Waals surface area contributed by atoms with Crippen LogP contribution in [0.25, 0.3) is 22.2 Å². The number of fused-ring (bicyclic) bond motifs is 1. The average molecular weight is 340 g/mol. The second kappa shape index (κ2) is 7.11. The zero-order valence-corrected chi connectivity index (χ0v) is 15.0. The van der Waals surface area contributed by atoms with Crippen LogP contribution in [0, 0.1) is 5.92 Å². The van der Waals surface area contributed by atoms with Crippen LogP contribution in [0.4, 0.5) is 0 Å². The fourth-order valence-corrected chi connectivity index (χ4v) is 2.99. The second-order valence-corrected chi connectivity index (χ2v) is 6.51. The standard InChI is InChI=1S/C19H24N4O2/c1-11(2)7-14(20)19-22-15-8-12(9-16(24-3)18(15)23-19)13-5-6-21-10-17(13)25-4/h5-6,8-11,14H,7,20H2,1-4H3,(H,22,23)/t14-/m1/s1. The first-order valence-electron chi connectivity index (χ1n) is 8.35. The van der Waals surface area contributed by atoms with E-state index in [9.17, 15) is 0 Å². The van der Waals surface area contributed by atoms with Gasteiger partial charge in [0.15, 0.2) is 0 Å². The maximum absolute atomic E-state index is 6.28. The van der Waals surface area contributed by atoms with Crippen molar-refractivity contribution in [2.75, 3.05) is 14.2 Å². The van der Waals surface area contributed by atoms with Crippen LogP contribution in [-0.4, -0.2) is 29.2 Å². The van der Waals surface area contributed by atoms with Crippen LogP contribution < -0.4 is 15.2 Å². The molecule has 6 nitrogen and oxygen atoms in total. The van der Waals surface area contributed by atoms with Crippen molar-refractivity contribution in [1.82, 2.24) is 15.0 Å². The van der Waals surface area contributed by atoms with Gasteiger partial charge >= 0.3 is 0 Å². The fraction of sp³-hybridized carbons (Fsp3) is 0.368. The maximum atomic E-state index is 6.28. The quantitative estimate of drug-likeness (QED) is 0.715. The topological polar surface area (TPSA) is 86.0 Å². The first-order chi connectivity index (χ1) is 12.0. The fourth-order valence-electron chi connectivity index (χ4n) is 2.99. The van der Waals surface area contributed by atoms with E-state index in [1.807, 2.05) is 18.2 Å². The Morgan fingerprint density at radius 2 is 1.92 bits per heavy atom. The third-order valence-corrected chi connectivity index (χ3v) is 4.19. The van der Waals surface area contributed by atoms with Crippen molar-refractivity contribution in [2.24, 2.45) is 11.7 Å². The van der Waals surface area contributed by atoms with E-state index < -0.39 is 0 Å². The first-order valence-corrected chi connectivity index (χ1v) is 8.35. The minimum Gasteiger partial charge on any atom is -0.494 e. The monoisotopic (exact) mass is 340 g/mol. The summed E-state index contributed by atoms with van der Waals surface area (Å²) in [5.74, 6) is 2.71. The number of nitrogens with zero attached hydrogens (tertiary/aromatic N) is 2.